The van der Waals surface area contributed by atoms with E-state index < -0.39 is 5.56 Å². The predicted molar refractivity (Wildman–Crippen MR) is 123 cm³/mol. The minimum Gasteiger partial charge on any atom is -0.325 e. The van der Waals surface area contributed by atoms with Crippen LogP contribution in [0.3, 0.4) is 0 Å². The number of nitrogens with one attached hydrogen (secondary N) is 3. The molecule has 3 N–H and O–H groups in total. The number of carbonyl (C=O) groups is 3. The Morgan fingerprint density at radius 3 is 2.34 bits per heavy atom. The highest BCUT2D eigenvalue weighted by atomic mass is 32.2. The number of Topliss-reactive ketones (excluding diaryl/α,β-unsaturated/α-hetero) is 1. The summed E-state index contributed by atoms with van der Waals surface area (Å²) in [5, 5.41) is 13.6. The summed E-state index contributed by atoms with van der Waals surface area (Å²) >= 11 is 1.03. The van der Waals surface area contributed by atoms with Gasteiger partial charge in [-0.05, 0) is 37.3 Å². The van der Waals surface area contributed by atoms with E-state index in [0.717, 1.165) is 11.8 Å². The maximum Gasteiger partial charge on any atom is 0.278 e. The van der Waals surface area contributed by atoms with Crippen LogP contribution >= 0.6 is 11.8 Å². The highest BCUT2D eigenvalue weighted by molar-refractivity contribution is 7.99. The second kappa shape index (κ2) is 10.5. The molecule has 0 saturated heterocycles. The lowest BCUT2D eigenvalue weighted by atomic mass is 10.1. The number of benzene rings is 2. The standard InChI is InChI=1S/C22H21N5O4S/c1-3-18(29)24-17-7-5-4-6-16(17)20-21(31)25-22(27-26-20)32-12-19(30)23-15-10-8-14(9-11-15)13(2)28/h4-11H,3,12H2,1-2H3,(H,23,30)(H,24,29)(H,25,27,31). The average Bonchev–Trinajstić information content (AvgIpc) is 2.78. The predicted octanol–water partition coefficient (Wildman–Crippen LogP) is 3.11. The number of amides is 2. The van der Waals surface area contributed by atoms with E-state index in [-0.39, 0.29) is 34.2 Å². The van der Waals surface area contributed by atoms with Crippen molar-refractivity contribution >= 4 is 40.7 Å². The molecule has 0 aliphatic rings. The van der Waals surface area contributed by atoms with Crippen LogP contribution in [0.25, 0.3) is 11.3 Å². The molecule has 0 spiro atoms. The van der Waals surface area contributed by atoms with Crippen LogP contribution in [0.4, 0.5) is 11.4 Å². The van der Waals surface area contributed by atoms with Crippen LogP contribution in [0.5, 0.6) is 0 Å². The molecule has 3 rings (SSSR count). The normalized spacial score (nSPS) is 10.4. The van der Waals surface area contributed by atoms with E-state index in [1.807, 2.05) is 0 Å². The minimum absolute atomic E-state index is 0.00156. The van der Waals surface area contributed by atoms with E-state index in [2.05, 4.69) is 25.8 Å². The molecule has 0 atom stereocenters. The third kappa shape index (κ3) is 5.88. The molecule has 0 aliphatic carbocycles. The molecule has 9 nitrogen and oxygen atoms in total. The lowest BCUT2D eigenvalue weighted by molar-refractivity contribution is -0.116. The fourth-order valence-electron chi connectivity index (χ4n) is 2.72. The molecular weight excluding hydrogens is 430 g/mol. The molecule has 1 heterocycles. The van der Waals surface area contributed by atoms with Gasteiger partial charge in [-0.25, -0.2) is 0 Å². The Hall–Kier alpha value is -3.79. The Kier molecular flexibility index (Phi) is 7.50. The summed E-state index contributed by atoms with van der Waals surface area (Å²) in [5.74, 6) is -0.539. The van der Waals surface area contributed by atoms with Crippen LogP contribution < -0.4 is 16.2 Å². The molecule has 10 heteroatoms. The molecule has 2 aromatic carbocycles. The zero-order chi connectivity index (χ0) is 23.1. The lowest BCUT2D eigenvalue weighted by Crippen LogP contribution is -2.18. The summed E-state index contributed by atoms with van der Waals surface area (Å²) in [4.78, 5) is 50.4. The number of nitrogens with zero attached hydrogens (tertiary/aromatic N) is 2. The summed E-state index contributed by atoms with van der Waals surface area (Å²) in [7, 11) is 0. The number of hydrogen-bond acceptors (Lipinski definition) is 7. The van der Waals surface area contributed by atoms with E-state index in [1.54, 1.807) is 55.5 Å². The Bertz CT molecular complexity index is 1210. The van der Waals surface area contributed by atoms with Gasteiger partial charge in [-0.15, -0.1) is 10.2 Å². The molecule has 164 valence electrons. The fourth-order valence-corrected chi connectivity index (χ4v) is 3.32. The number of thioether (sulfide) groups is 1. The van der Waals surface area contributed by atoms with Crippen LogP contribution in [0.2, 0.25) is 0 Å². The number of aromatic nitrogens is 3. The first-order chi connectivity index (χ1) is 15.4. The first-order valence-corrected chi connectivity index (χ1v) is 10.8. The molecule has 0 aliphatic heterocycles. The molecule has 3 aromatic rings. The van der Waals surface area contributed by atoms with Crippen LogP contribution in [0.15, 0.2) is 58.5 Å². The van der Waals surface area contributed by atoms with Crippen molar-refractivity contribution in [3.8, 4) is 11.3 Å². The molecule has 32 heavy (non-hydrogen) atoms. The molecule has 0 radical (unpaired) electrons. The smallest absolute Gasteiger partial charge is 0.278 e. The summed E-state index contributed by atoms with van der Waals surface area (Å²) in [6.45, 7) is 3.20. The monoisotopic (exact) mass is 451 g/mol. The van der Waals surface area contributed by atoms with Gasteiger partial charge in [-0.1, -0.05) is 36.9 Å². The van der Waals surface area contributed by atoms with Crippen molar-refractivity contribution in [2.45, 2.75) is 25.4 Å². The van der Waals surface area contributed by atoms with Crippen molar-refractivity contribution in [2.75, 3.05) is 16.4 Å². The van der Waals surface area contributed by atoms with Gasteiger partial charge in [-0.2, -0.15) is 0 Å². The Balaban J connectivity index is 1.66. The van der Waals surface area contributed by atoms with Gasteiger partial charge in [-0.3, -0.25) is 24.2 Å². The third-order valence-corrected chi connectivity index (χ3v) is 5.23. The molecule has 0 saturated carbocycles. The number of rotatable bonds is 8. The fraction of sp³-hybridized carbons (Fsp3) is 0.182. The topological polar surface area (TPSA) is 134 Å². The minimum atomic E-state index is -0.485. The van der Waals surface area contributed by atoms with Crippen molar-refractivity contribution in [3.05, 3.63) is 64.4 Å². The summed E-state index contributed by atoms with van der Waals surface area (Å²) < 4.78 is 0. The van der Waals surface area contributed by atoms with Crippen LogP contribution in [0.1, 0.15) is 30.6 Å². The first-order valence-electron chi connectivity index (χ1n) is 9.77. The lowest BCUT2D eigenvalue weighted by Gasteiger charge is -2.09. The van der Waals surface area contributed by atoms with Crippen LogP contribution in [-0.2, 0) is 9.59 Å². The number of hydrogen-bond donors (Lipinski definition) is 3. The van der Waals surface area contributed by atoms with Crippen molar-refractivity contribution in [1.82, 2.24) is 15.2 Å². The molecule has 0 bridgehead atoms. The second-order valence-electron chi connectivity index (χ2n) is 6.73. The zero-order valence-electron chi connectivity index (χ0n) is 17.5. The van der Waals surface area contributed by atoms with Gasteiger partial charge in [0.25, 0.3) is 5.56 Å². The highest BCUT2D eigenvalue weighted by Gasteiger charge is 2.14. The van der Waals surface area contributed by atoms with Crippen LogP contribution in [-0.4, -0.2) is 38.5 Å². The number of ketones is 1. The number of H-pyrrole nitrogens is 1. The molecular formula is C22H21N5O4S. The van der Waals surface area contributed by atoms with Gasteiger partial charge in [0.1, 0.15) is 0 Å². The van der Waals surface area contributed by atoms with Gasteiger partial charge in [0.15, 0.2) is 16.6 Å². The molecule has 2 amide bonds. The van der Waals surface area contributed by atoms with E-state index in [4.69, 9.17) is 0 Å². The maximum absolute atomic E-state index is 12.6. The number of carbonyl (C=O) groups excluding carboxylic acids is 3. The number of anilines is 2. The number of para-hydroxylation sites is 1. The van der Waals surface area contributed by atoms with Gasteiger partial charge in [0.05, 0.1) is 11.4 Å². The van der Waals surface area contributed by atoms with Crippen molar-refractivity contribution in [3.63, 3.8) is 0 Å². The molecule has 0 unspecified atom stereocenters. The summed E-state index contributed by atoms with van der Waals surface area (Å²) in [6, 6.07) is 13.4. The summed E-state index contributed by atoms with van der Waals surface area (Å²) in [5.41, 5.74) is 1.61. The van der Waals surface area contributed by atoms with Gasteiger partial charge in [0.2, 0.25) is 11.8 Å². The maximum atomic E-state index is 12.6. The van der Waals surface area contributed by atoms with E-state index in [1.165, 1.54) is 6.92 Å². The molecule has 1 aromatic heterocycles. The van der Waals surface area contributed by atoms with E-state index in [0.29, 0.717) is 28.9 Å². The Morgan fingerprint density at radius 1 is 0.969 bits per heavy atom. The second-order valence-corrected chi connectivity index (χ2v) is 7.69. The van der Waals surface area contributed by atoms with Crippen LogP contribution in [0, 0.1) is 0 Å². The third-order valence-electron chi connectivity index (χ3n) is 4.37. The van der Waals surface area contributed by atoms with Crippen molar-refractivity contribution < 1.29 is 14.4 Å². The largest absolute Gasteiger partial charge is 0.325 e. The van der Waals surface area contributed by atoms with E-state index in [9.17, 15) is 19.2 Å². The zero-order valence-corrected chi connectivity index (χ0v) is 18.3. The Labute approximate surface area is 188 Å². The quantitative estimate of drug-likeness (QED) is 0.354. The van der Waals surface area contributed by atoms with E-state index >= 15 is 0 Å². The van der Waals surface area contributed by atoms with Gasteiger partial charge < -0.3 is 10.6 Å². The average molecular weight is 452 g/mol. The first kappa shape index (κ1) is 22.9. The van der Waals surface area contributed by atoms with Crippen molar-refractivity contribution in [2.24, 2.45) is 0 Å². The van der Waals surface area contributed by atoms with Gasteiger partial charge >= 0.3 is 0 Å². The highest BCUT2D eigenvalue weighted by Crippen LogP contribution is 2.24. The number of aromatic amines is 1. The SMILES string of the molecule is CCC(=O)Nc1ccccc1-c1nnc(SCC(=O)Nc2ccc(C(C)=O)cc2)[nH]c1=O. The molecule has 0 fully saturated rings. The Morgan fingerprint density at radius 2 is 1.69 bits per heavy atom. The van der Waals surface area contributed by atoms with Crippen molar-refractivity contribution in [1.29, 1.82) is 0 Å². The summed E-state index contributed by atoms with van der Waals surface area (Å²) in [6.07, 6.45) is 0.300. The van der Waals surface area contributed by atoms with Gasteiger partial charge in [0, 0.05) is 23.2 Å².